The predicted molar refractivity (Wildman–Crippen MR) is 106 cm³/mol. The number of nitriles is 1. The van der Waals surface area contributed by atoms with Gasteiger partial charge in [0.05, 0.1) is 27.2 Å². The molecule has 1 heterocycles. The highest BCUT2D eigenvalue weighted by atomic mass is 16.5. The lowest BCUT2D eigenvalue weighted by atomic mass is 9.83. The van der Waals surface area contributed by atoms with E-state index in [4.69, 9.17) is 24.7 Å². The van der Waals surface area contributed by atoms with Gasteiger partial charge in [0.2, 0.25) is 11.6 Å². The first kappa shape index (κ1) is 19.2. The van der Waals surface area contributed by atoms with Gasteiger partial charge in [-0.2, -0.15) is 5.26 Å². The van der Waals surface area contributed by atoms with Crippen molar-refractivity contribution in [3.05, 3.63) is 52.9 Å². The van der Waals surface area contributed by atoms with Crippen LogP contribution in [0, 0.1) is 11.3 Å². The molecule has 28 heavy (non-hydrogen) atoms. The van der Waals surface area contributed by atoms with Gasteiger partial charge in [0.25, 0.3) is 0 Å². The molecule has 146 valence electrons. The molecule has 0 bridgehead atoms. The Morgan fingerprint density at radius 2 is 1.68 bits per heavy atom. The summed E-state index contributed by atoms with van der Waals surface area (Å²) < 4.78 is 22.1. The number of benzene rings is 2. The molecule has 0 radical (unpaired) electrons. The standard InChI is InChI=1S/C21H23N3O4/c1-24(2)13-6-7-14-16(10-13)28-21(23)15(11-22)19(14)12-8-17(25-3)20(27-5)18(9-12)26-4/h6-10,19H,23H2,1-5H3. The Morgan fingerprint density at radius 1 is 1.04 bits per heavy atom. The lowest BCUT2D eigenvalue weighted by Gasteiger charge is -2.28. The molecule has 0 aromatic heterocycles. The Bertz CT molecular complexity index is 951. The Kier molecular flexibility index (Phi) is 5.23. The summed E-state index contributed by atoms with van der Waals surface area (Å²) in [7, 11) is 8.54. The number of rotatable bonds is 5. The van der Waals surface area contributed by atoms with E-state index >= 15 is 0 Å². The van der Waals surface area contributed by atoms with Crippen LogP contribution in [0.2, 0.25) is 0 Å². The van der Waals surface area contributed by atoms with Crippen molar-refractivity contribution >= 4 is 5.69 Å². The maximum Gasteiger partial charge on any atom is 0.205 e. The number of fused-ring (bicyclic) bond motifs is 1. The number of ether oxygens (including phenoxy) is 4. The van der Waals surface area contributed by atoms with Crippen molar-refractivity contribution in [1.29, 1.82) is 5.26 Å². The van der Waals surface area contributed by atoms with Crippen LogP contribution >= 0.6 is 0 Å². The van der Waals surface area contributed by atoms with Crippen LogP contribution < -0.4 is 29.6 Å². The van der Waals surface area contributed by atoms with Gasteiger partial charge >= 0.3 is 0 Å². The molecule has 0 spiro atoms. The first-order chi connectivity index (χ1) is 13.4. The van der Waals surface area contributed by atoms with Crippen LogP contribution in [0.4, 0.5) is 5.69 Å². The fraction of sp³-hybridized carbons (Fsp3) is 0.286. The van der Waals surface area contributed by atoms with Crippen molar-refractivity contribution < 1.29 is 18.9 Å². The summed E-state index contributed by atoms with van der Waals surface area (Å²) in [5, 5.41) is 9.75. The topological polar surface area (TPSA) is 90.0 Å². The van der Waals surface area contributed by atoms with Crippen LogP contribution in [0.5, 0.6) is 23.0 Å². The summed E-state index contributed by atoms with van der Waals surface area (Å²) in [4.78, 5) is 1.97. The van der Waals surface area contributed by atoms with E-state index in [1.54, 1.807) is 21.3 Å². The molecular formula is C21H23N3O4. The minimum Gasteiger partial charge on any atom is -0.493 e. The van der Waals surface area contributed by atoms with E-state index in [0.717, 1.165) is 16.8 Å². The summed E-state index contributed by atoms with van der Waals surface area (Å²) in [6.45, 7) is 0. The zero-order valence-corrected chi connectivity index (χ0v) is 16.6. The molecule has 3 rings (SSSR count). The van der Waals surface area contributed by atoms with Crippen molar-refractivity contribution in [1.82, 2.24) is 0 Å². The van der Waals surface area contributed by atoms with Crippen molar-refractivity contribution in [2.75, 3.05) is 40.3 Å². The van der Waals surface area contributed by atoms with Gasteiger partial charge in [0.1, 0.15) is 17.4 Å². The van der Waals surface area contributed by atoms with E-state index in [9.17, 15) is 5.26 Å². The fourth-order valence-corrected chi connectivity index (χ4v) is 3.33. The molecule has 1 aliphatic heterocycles. The minimum atomic E-state index is -0.418. The average Bonchev–Trinajstić information content (AvgIpc) is 2.70. The van der Waals surface area contributed by atoms with Crippen LogP contribution in [0.3, 0.4) is 0 Å². The molecule has 2 aromatic rings. The van der Waals surface area contributed by atoms with E-state index in [1.165, 1.54) is 0 Å². The molecular weight excluding hydrogens is 358 g/mol. The highest BCUT2D eigenvalue weighted by molar-refractivity contribution is 5.64. The largest absolute Gasteiger partial charge is 0.493 e. The normalized spacial score (nSPS) is 15.2. The maximum atomic E-state index is 9.75. The molecule has 0 fully saturated rings. The summed E-state index contributed by atoms with van der Waals surface area (Å²) in [5.74, 6) is 1.78. The Morgan fingerprint density at radius 3 is 2.18 bits per heavy atom. The molecule has 2 N–H and O–H groups in total. The minimum absolute atomic E-state index is 0.0876. The van der Waals surface area contributed by atoms with E-state index < -0.39 is 5.92 Å². The molecule has 0 saturated carbocycles. The molecule has 0 amide bonds. The zero-order valence-electron chi connectivity index (χ0n) is 16.6. The first-order valence-corrected chi connectivity index (χ1v) is 8.63. The summed E-state index contributed by atoms with van der Waals surface area (Å²) in [6, 6.07) is 11.7. The molecule has 0 aliphatic carbocycles. The number of nitrogens with two attached hydrogens (primary N) is 1. The van der Waals surface area contributed by atoms with Crippen LogP contribution in [0.25, 0.3) is 0 Å². The summed E-state index contributed by atoms with van der Waals surface area (Å²) >= 11 is 0. The van der Waals surface area contributed by atoms with Crippen LogP contribution in [-0.4, -0.2) is 35.4 Å². The van der Waals surface area contributed by atoms with Crippen molar-refractivity contribution in [2.45, 2.75) is 5.92 Å². The van der Waals surface area contributed by atoms with E-state index in [2.05, 4.69) is 6.07 Å². The number of anilines is 1. The highest BCUT2D eigenvalue weighted by Crippen LogP contribution is 2.47. The van der Waals surface area contributed by atoms with Gasteiger partial charge in [0, 0.05) is 31.4 Å². The van der Waals surface area contributed by atoms with Gasteiger partial charge in [-0.1, -0.05) is 6.07 Å². The Hall–Kier alpha value is -3.53. The number of methoxy groups -OCH3 is 3. The lowest BCUT2D eigenvalue weighted by molar-refractivity contribution is 0.323. The predicted octanol–water partition coefficient (Wildman–Crippen LogP) is 3.00. The molecule has 7 heteroatoms. The molecule has 1 unspecified atom stereocenters. The Balaban J connectivity index is 2.24. The summed E-state index contributed by atoms with van der Waals surface area (Å²) in [6.07, 6.45) is 0. The number of hydrogen-bond donors (Lipinski definition) is 1. The Labute approximate surface area is 164 Å². The smallest absolute Gasteiger partial charge is 0.205 e. The zero-order chi connectivity index (χ0) is 20.4. The first-order valence-electron chi connectivity index (χ1n) is 8.63. The van der Waals surface area contributed by atoms with Crippen LogP contribution in [0.1, 0.15) is 17.0 Å². The van der Waals surface area contributed by atoms with Gasteiger partial charge in [0.15, 0.2) is 11.5 Å². The van der Waals surface area contributed by atoms with Gasteiger partial charge in [-0.05, 0) is 23.8 Å². The summed E-state index contributed by atoms with van der Waals surface area (Å²) in [5.41, 5.74) is 9.02. The highest BCUT2D eigenvalue weighted by Gasteiger charge is 2.32. The third-order valence-corrected chi connectivity index (χ3v) is 4.74. The van der Waals surface area contributed by atoms with Gasteiger partial charge in [-0.25, -0.2) is 0 Å². The molecule has 2 aromatic carbocycles. The van der Waals surface area contributed by atoms with Crippen LogP contribution in [-0.2, 0) is 0 Å². The second-order valence-corrected chi connectivity index (χ2v) is 6.50. The average molecular weight is 381 g/mol. The van der Waals surface area contributed by atoms with E-state index in [1.807, 2.05) is 49.3 Å². The van der Waals surface area contributed by atoms with Gasteiger partial charge in [-0.3, -0.25) is 0 Å². The second-order valence-electron chi connectivity index (χ2n) is 6.50. The number of nitrogens with zero attached hydrogens (tertiary/aromatic N) is 2. The van der Waals surface area contributed by atoms with Crippen LogP contribution in [0.15, 0.2) is 41.8 Å². The maximum absolute atomic E-state index is 9.75. The number of hydrogen-bond acceptors (Lipinski definition) is 7. The third-order valence-electron chi connectivity index (χ3n) is 4.74. The van der Waals surface area contributed by atoms with E-state index in [0.29, 0.717) is 28.6 Å². The number of allylic oxidation sites excluding steroid dienone is 1. The van der Waals surface area contributed by atoms with Crippen molar-refractivity contribution in [3.63, 3.8) is 0 Å². The van der Waals surface area contributed by atoms with Crippen molar-refractivity contribution in [3.8, 4) is 29.1 Å². The van der Waals surface area contributed by atoms with Gasteiger partial charge < -0.3 is 29.6 Å². The third kappa shape index (κ3) is 3.14. The van der Waals surface area contributed by atoms with Crippen molar-refractivity contribution in [2.24, 2.45) is 5.73 Å². The lowest BCUT2D eigenvalue weighted by Crippen LogP contribution is -2.21. The SMILES string of the molecule is COc1cc(C2C(C#N)=C(N)Oc3cc(N(C)C)ccc32)cc(OC)c1OC. The monoisotopic (exact) mass is 381 g/mol. The molecule has 1 aliphatic rings. The molecule has 7 nitrogen and oxygen atoms in total. The quantitative estimate of drug-likeness (QED) is 0.851. The fourth-order valence-electron chi connectivity index (χ4n) is 3.33. The van der Waals surface area contributed by atoms with E-state index in [-0.39, 0.29) is 5.88 Å². The van der Waals surface area contributed by atoms with Gasteiger partial charge in [-0.15, -0.1) is 0 Å². The second kappa shape index (κ2) is 7.61. The molecule has 0 saturated heterocycles. The molecule has 1 atom stereocenters.